The molecule has 0 saturated carbocycles. The van der Waals surface area contributed by atoms with Gasteiger partial charge in [-0.1, -0.05) is 37.3 Å². The molecule has 0 bridgehead atoms. The predicted octanol–water partition coefficient (Wildman–Crippen LogP) is 0.971. The fourth-order valence-electron chi connectivity index (χ4n) is 1.72. The van der Waals surface area contributed by atoms with E-state index in [1.54, 1.807) is 24.3 Å². The summed E-state index contributed by atoms with van der Waals surface area (Å²) in [7, 11) is 0. The normalized spacial score (nSPS) is 11.8. The molecule has 0 fully saturated rings. The topological polar surface area (TPSA) is 78.4 Å². The van der Waals surface area contributed by atoms with Crippen LogP contribution in [0.15, 0.2) is 30.3 Å². The van der Waals surface area contributed by atoms with E-state index in [0.717, 1.165) is 6.54 Å². The zero-order chi connectivity index (χ0) is 14.1. The SMILES string of the molecule is CCNCCC(=O)NCC(C(=O)O)c1ccccc1. The molecule has 5 heteroatoms. The van der Waals surface area contributed by atoms with Crippen LogP contribution in [0, 0.1) is 0 Å². The molecule has 0 aliphatic rings. The van der Waals surface area contributed by atoms with Crippen LogP contribution in [0.25, 0.3) is 0 Å². The van der Waals surface area contributed by atoms with Crippen molar-refractivity contribution in [3.63, 3.8) is 0 Å². The van der Waals surface area contributed by atoms with Crippen LogP contribution in [-0.4, -0.2) is 36.6 Å². The second kappa shape index (κ2) is 8.26. The second-order valence-corrected chi connectivity index (χ2v) is 4.21. The highest BCUT2D eigenvalue weighted by Crippen LogP contribution is 2.14. The van der Waals surface area contributed by atoms with Crippen LogP contribution in [-0.2, 0) is 9.59 Å². The minimum absolute atomic E-state index is 0.115. The monoisotopic (exact) mass is 264 g/mol. The van der Waals surface area contributed by atoms with Crippen molar-refractivity contribution in [1.29, 1.82) is 0 Å². The summed E-state index contributed by atoms with van der Waals surface area (Å²) >= 11 is 0. The zero-order valence-corrected chi connectivity index (χ0v) is 11.1. The Morgan fingerprint density at radius 1 is 1.26 bits per heavy atom. The van der Waals surface area contributed by atoms with Gasteiger partial charge in [0.2, 0.25) is 5.91 Å². The Morgan fingerprint density at radius 2 is 1.95 bits per heavy atom. The Kier molecular flexibility index (Phi) is 6.60. The van der Waals surface area contributed by atoms with E-state index in [0.29, 0.717) is 18.5 Å². The van der Waals surface area contributed by atoms with Gasteiger partial charge in [-0.25, -0.2) is 0 Å². The molecule has 0 aliphatic carbocycles. The lowest BCUT2D eigenvalue weighted by Gasteiger charge is -2.13. The number of carboxylic acid groups (broad SMARTS) is 1. The number of rotatable bonds is 8. The zero-order valence-electron chi connectivity index (χ0n) is 11.1. The molecule has 1 unspecified atom stereocenters. The van der Waals surface area contributed by atoms with E-state index in [-0.39, 0.29) is 12.5 Å². The van der Waals surface area contributed by atoms with Gasteiger partial charge < -0.3 is 15.7 Å². The van der Waals surface area contributed by atoms with Crippen molar-refractivity contribution in [1.82, 2.24) is 10.6 Å². The van der Waals surface area contributed by atoms with E-state index in [2.05, 4.69) is 10.6 Å². The maximum Gasteiger partial charge on any atom is 0.312 e. The minimum atomic E-state index is -0.932. The molecule has 1 aromatic carbocycles. The van der Waals surface area contributed by atoms with Crippen LogP contribution in [0.2, 0.25) is 0 Å². The molecule has 0 spiro atoms. The third-order valence-corrected chi connectivity index (χ3v) is 2.78. The fraction of sp³-hybridized carbons (Fsp3) is 0.429. The number of aliphatic carboxylic acids is 1. The highest BCUT2D eigenvalue weighted by Gasteiger charge is 2.20. The third-order valence-electron chi connectivity index (χ3n) is 2.78. The molecular formula is C14H20N2O3. The molecular weight excluding hydrogens is 244 g/mol. The van der Waals surface area contributed by atoms with Crippen LogP contribution in [0.3, 0.4) is 0 Å². The molecule has 104 valence electrons. The van der Waals surface area contributed by atoms with Gasteiger partial charge in [-0.15, -0.1) is 0 Å². The van der Waals surface area contributed by atoms with E-state index in [1.807, 2.05) is 13.0 Å². The highest BCUT2D eigenvalue weighted by atomic mass is 16.4. The molecule has 1 rings (SSSR count). The maximum absolute atomic E-state index is 11.5. The first-order valence-corrected chi connectivity index (χ1v) is 6.40. The summed E-state index contributed by atoms with van der Waals surface area (Å²) in [5, 5.41) is 14.9. The third kappa shape index (κ3) is 5.52. The van der Waals surface area contributed by atoms with Gasteiger partial charge in [-0.05, 0) is 12.1 Å². The first kappa shape index (κ1) is 15.2. The first-order chi connectivity index (χ1) is 9.15. The van der Waals surface area contributed by atoms with Gasteiger partial charge >= 0.3 is 5.97 Å². The van der Waals surface area contributed by atoms with Crippen molar-refractivity contribution >= 4 is 11.9 Å². The van der Waals surface area contributed by atoms with Crippen molar-refractivity contribution in [2.24, 2.45) is 0 Å². The maximum atomic E-state index is 11.5. The Labute approximate surface area is 113 Å². The number of amides is 1. The molecule has 5 nitrogen and oxygen atoms in total. The fourth-order valence-corrected chi connectivity index (χ4v) is 1.72. The molecule has 1 aromatic rings. The lowest BCUT2D eigenvalue weighted by Crippen LogP contribution is -2.33. The van der Waals surface area contributed by atoms with Crippen molar-refractivity contribution in [2.75, 3.05) is 19.6 Å². The molecule has 1 amide bonds. The van der Waals surface area contributed by atoms with Crippen LogP contribution in [0.5, 0.6) is 0 Å². The summed E-state index contributed by atoms with van der Waals surface area (Å²) in [5.74, 6) is -1.77. The molecule has 0 heterocycles. The van der Waals surface area contributed by atoms with Gasteiger partial charge in [0.15, 0.2) is 0 Å². The average molecular weight is 264 g/mol. The van der Waals surface area contributed by atoms with Gasteiger partial charge in [0.25, 0.3) is 0 Å². The quantitative estimate of drug-likeness (QED) is 0.611. The summed E-state index contributed by atoms with van der Waals surface area (Å²) in [6, 6.07) is 8.92. The number of hydrogen-bond donors (Lipinski definition) is 3. The number of benzene rings is 1. The first-order valence-electron chi connectivity index (χ1n) is 6.40. The van der Waals surface area contributed by atoms with E-state index in [1.165, 1.54) is 0 Å². The molecule has 0 aliphatic heterocycles. The molecule has 1 atom stereocenters. The molecule has 0 saturated heterocycles. The molecule has 19 heavy (non-hydrogen) atoms. The van der Waals surface area contributed by atoms with Crippen molar-refractivity contribution < 1.29 is 14.7 Å². The largest absolute Gasteiger partial charge is 0.481 e. The number of carbonyl (C=O) groups is 2. The van der Waals surface area contributed by atoms with Crippen molar-refractivity contribution in [3.8, 4) is 0 Å². The Hall–Kier alpha value is -1.88. The van der Waals surface area contributed by atoms with E-state index in [9.17, 15) is 14.7 Å². The summed E-state index contributed by atoms with van der Waals surface area (Å²) in [4.78, 5) is 22.7. The van der Waals surface area contributed by atoms with Gasteiger partial charge in [0, 0.05) is 19.5 Å². The van der Waals surface area contributed by atoms with Gasteiger partial charge in [0.1, 0.15) is 0 Å². The minimum Gasteiger partial charge on any atom is -0.481 e. The summed E-state index contributed by atoms with van der Waals surface area (Å²) < 4.78 is 0. The van der Waals surface area contributed by atoms with Gasteiger partial charge in [-0.3, -0.25) is 9.59 Å². The molecule has 3 N–H and O–H groups in total. The standard InChI is InChI=1S/C14H20N2O3/c1-2-15-9-8-13(17)16-10-12(14(18)19)11-6-4-3-5-7-11/h3-7,12,15H,2,8-10H2,1H3,(H,16,17)(H,18,19). The summed E-state index contributed by atoms with van der Waals surface area (Å²) in [6.45, 7) is 3.50. The Bertz CT molecular complexity index is 406. The van der Waals surface area contributed by atoms with Crippen molar-refractivity contribution in [2.45, 2.75) is 19.3 Å². The number of carboxylic acids is 1. The average Bonchev–Trinajstić information content (AvgIpc) is 2.40. The van der Waals surface area contributed by atoms with Crippen LogP contribution in [0.1, 0.15) is 24.8 Å². The van der Waals surface area contributed by atoms with E-state index in [4.69, 9.17) is 0 Å². The van der Waals surface area contributed by atoms with Crippen LogP contribution in [0.4, 0.5) is 0 Å². The number of carbonyl (C=O) groups excluding carboxylic acids is 1. The van der Waals surface area contributed by atoms with Crippen LogP contribution >= 0.6 is 0 Å². The summed E-state index contributed by atoms with van der Waals surface area (Å²) in [6.07, 6.45) is 0.356. The Balaban J connectivity index is 2.47. The molecule has 0 aromatic heterocycles. The Morgan fingerprint density at radius 3 is 2.53 bits per heavy atom. The summed E-state index contributed by atoms with van der Waals surface area (Å²) in [5.41, 5.74) is 0.696. The van der Waals surface area contributed by atoms with Gasteiger partial charge in [-0.2, -0.15) is 0 Å². The predicted molar refractivity (Wildman–Crippen MR) is 73.0 cm³/mol. The second-order valence-electron chi connectivity index (χ2n) is 4.21. The van der Waals surface area contributed by atoms with Crippen LogP contribution < -0.4 is 10.6 Å². The number of nitrogens with one attached hydrogen (secondary N) is 2. The smallest absolute Gasteiger partial charge is 0.312 e. The van der Waals surface area contributed by atoms with E-state index < -0.39 is 11.9 Å². The lowest BCUT2D eigenvalue weighted by atomic mass is 9.99. The van der Waals surface area contributed by atoms with Crippen molar-refractivity contribution in [3.05, 3.63) is 35.9 Å². The van der Waals surface area contributed by atoms with Gasteiger partial charge in [0.05, 0.1) is 5.92 Å². The number of hydrogen-bond acceptors (Lipinski definition) is 3. The molecule has 0 radical (unpaired) electrons. The van der Waals surface area contributed by atoms with E-state index >= 15 is 0 Å². The highest BCUT2D eigenvalue weighted by molar-refractivity contribution is 5.79. The lowest BCUT2D eigenvalue weighted by molar-refractivity contribution is -0.138.